The lowest BCUT2D eigenvalue weighted by Crippen LogP contribution is -1.96. The normalized spacial score (nSPS) is 10.4. The van der Waals surface area contributed by atoms with Crippen LogP contribution in [0, 0.1) is 20.8 Å². The second-order valence-corrected chi connectivity index (χ2v) is 4.81. The summed E-state index contributed by atoms with van der Waals surface area (Å²) in [5.41, 5.74) is 2.87. The highest BCUT2D eigenvalue weighted by Crippen LogP contribution is 2.27. The van der Waals surface area contributed by atoms with Crippen molar-refractivity contribution in [1.82, 2.24) is 9.97 Å². The number of aromatic nitrogens is 2. The molecule has 0 fully saturated rings. The molecule has 0 spiro atoms. The minimum atomic E-state index is 0.523. The van der Waals surface area contributed by atoms with Crippen molar-refractivity contribution in [2.45, 2.75) is 20.8 Å². The molecule has 0 saturated carbocycles. The van der Waals surface area contributed by atoms with Crippen LogP contribution in [0.25, 0.3) is 0 Å². The SMILES string of the molecule is Cc1ccc(Br)cc1Oc1cnc(C)c(C)n1. The Kier molecular flexibility index (Phi) is 3.43. The molecule has 88 valence electrons. The standard InChI is InChI=1S/C13H13BrN2O/c1-8-4-5-11(14)6-12(8)17-13-7-15-9(2)10(3)16-13/h4-7H,1-3H3. The number of halogens is 1. The first-order valence-corrected chi connectivity index (χ1v) is 6.10. The van der Waals surface area contributed by atoms with E-state index in [1.807, 2.05) is 39.0 Å². The molecule has 4 heteroatoms. The molecule has 0 N–H and O–H groups in total. The zero-order chi connectivity index (χ0) is 12.4. The van der Waals surface area contributed by atoms with Crippen LogP contribution in [-0.2, 0) is 0 Å². The fraction of sp³-hybridized carbons (Fsp3) is 0.231. The highest BCUT2D eigenvalue weighted by atomic mass is 79.9. The average Bonchev–Trinajstić information content (AvgIpc) is 2.29. The zero-order valence-electron chi connectivity index (χ0n) is 9.99. The maximum absolute atomic E-state index is 5.72. The number of hydrogen-bond donors (Lipinski definition) is 0. The Morgan fingerprint density at radius 1 is 1.12 bits per heavy atom. The monoisotopic (exact) mass is 292 g/mol. The molecule has 0 saturated heterocycles. The fourth-order valence-corrected chi connectivity index (χ4v) is 1.71. The number of nitrogens with zero attached hydrogens (tertiary/aromatic N) is 2. The van der Waals surface area contributed by atoms with E-state index in [4.69, 9.17) is 4.74 Å². The Morgan fingerprint density at radius 3 is 2.59 bits per heavy atom. The minimum Gasteiger partial charge on any atom is -0.437 e. The summed E-state index contributed by atoms with van der Waals surface area (Å²) >= 11 is 3.42. The Hall–Kier alpha value is -1.42. The molecule has 3 nitrogen and oxygen atoms in total. The van der Waals surface area contributed by atoms with Crippen LogP contribution in [0.3, 0.4) is 0 Å². The van der Waals surface area contributed by atoms with Crippen LogP contribution in [0.2, 0.25) is 0 Å². The molecule has 1 heterocycles. The molecule has 0 bridgehead atoms. The lowest BCUT2D eigenvalue weighted by atomic mass is 10.2. The molecule has 0 unspecified atom stereocenters. The van der Waals surface area contributed by atoms with Gasteiger partial charge in [0.05, 0.1) is 17.6 Å². The maximum atomic E-state index is 5.72. The van der Waals surface area contributed by atoms with Crippen LogP contribution >= 0.6 is 15.9 Å². The van der Waals surface area contributed by atoms with Crippen molar-refractivity contribution in [1.29, 1.82) is 0 Å². The van der Waals surface area contributed by atoms with Gasteiger partial charge in [0, 0.05) is 4.47 Å². The zero-order valence-corrected chi connectivity index (χ0v) is 11.6. The largest absolute Gasteiger partial charge is 0.437 e. The van der Waals surface area contributed by atoms with Gasteiger partial charge in [-0.3, -0.25) is 4.98 Å². The van der Waals surface area contributed by atoms with Gasteiger partial charge in [-0.15, -0.1) is 0 Å². The van der Waals surface area contributed by atoms with E-state index in [0.29, 0.717) is 5.88 Å². The number of benzene rings is 1. The summed E-state index contributed by atoms with van der Waals surface area (Å²) in [4.78, 5) is 8.57. The summed E-state index contributed by atoms with van der Waals surface area (Å²) in [5.74, 6) is 1.31. The van der Waals surface area contributed by atoms with Gasteiger partial charge in [-0.05, 0) is 38.5 Å². The van der Waals surface area contributed by atoms with E-state index < -0.39 is 0 Å². The van der Waals surface area contributed by atoms with Crippen molar-refractivity contribution in [3.8, 4) is 11.6 Å². The molecular weight excluding hydrogens is 280 g/mol. The Morgan fingerprint density at radius 2 is 1.88 bits per heavy atom. The van der Waals surface area contributed by atoms with Crippen molar-refractivity contribution >= 4 is 15.9 Å². The van der Waals surface area contributed by atoms with E-state index in [0.717, 1.165) is 27.2 Å². The van der Waals surface area contributed by atoms with Crippen LogP contribution < -0.4 is 4.74 Å². The first kappa shape index (κ1) is 12.0. The molecule has 0 amide bonds. The average molecular weight is 293 g/mol. The van der Waals surface area contributed by atoms with Gasteiger partial charge in [0.25, 0.3) is 0 Å². The van der Waals surface area contributed by atoms with Gasteiger partial charge in [0.15, 0.2) is 0 Å². The Bertz CT molecular complexity index is 555. The number of hydrogen-bond acceptors (Lipinski definition) is 3. The second kappa shape index (κ2) is 4.84. The quantitative estimate of drug-likeness (QED) is 0.840. The van der Waals surface area contributed by atoms with E-state index >= 15 is 0 Å². The second-order valence-electron chi connectivity index (χ2n) is 3.89. The third-order valence-electron chi connectivity index (χ3n) is 2.53. The molecule has 0 aliphatic carbocycles. The van der Waals surface area contributed by atoms with Gasteiger partial charge in [-0.1, -0.05) is 22.0 Å². The first-order chi connectivity index (χ1) is 8.06. The van der Waals surface area contributed by atoms with Crippen molar-refractivity contribution < 1.29 is 4.74 Å². The molecule has 0 aliphatic rings. The summed E-state index contributed by atoms with van der Waals surface area (Å²) in [6, 6.07) is 5.90. The van der Waals surface area contributed by atoms with E-state index in [1.54, 1.807) is 6.20 Å². The van der Waals surface area contributed by atoms with Gasteiger partial charge in [0.2, 0.25) is 5.88 Å². The molecule has 1 aromatic heterocycles. The molecule has 2 aromatic rings. The Labute approximate surface area is 109 Å². The summed E-state index contributed by atoms with van der Waals surface area (Å²) in [6.45, 7) is 5.84. The van der Waals surface area contributed by atoms with Crippen LogP contribution in [0.5, 0.6) is 11.6 Å². The third-order valence-corrected chi connectivity index (χ3v) is 3.03. The maximum Gasteiger partial charge on any atom is 0.238 e. The van der Waals surface area contributed by atoms with Gasteiger partial charge in [0.1, 0.15) is 5.75 Å². The number of aryl methyl sites for hydroxylation is 3. The van der Waals surface area contributed by atoms with Gasteiger partial charge >= 0.3 is 0 Å². The van der Waals surface area contributed by atoms with Crippen LogP contribution in [-0.4, -0.2) is 9.97 Å². The lowest BCUT2D eigenvalue weighted by Gasteiger charge is -2.09. The number of rotatable bonds is 2. The molecular formula is C13H13BrN2O. The predicted octanol–water partition coefficient (Wildman–Crippen LogP) is 3.96. The Balaban J connectivity index is 2.31. The third kappa shape index (κ3) is 2.82. The summed E-state index contributed by atoms with van der Waals surface area (Å²) in [7, 11) is 0. The van der Waals surface area contributed by atoms with E-state index in [2.05, 4.69) is 25.9 Å². The van der Waals surface area contributed by atoms with Crippen LogP contribution in [0.4, 0.5) is 0 Å². The molecule has 2 rings (SSSR count). The van der Waals surface area contributed by atoms with Crippen molar-refractivity contribution in [2.75, 3.05) is 0 Å². The minimum absolute atomic E-state index is 0.523. The lowest BCUT2D eigenvalue weighted by molar-refractivity contribution is 0.454. The first-order valence-electron chi connectivity index (χ1n) is 5.30. The van der Waals surface area contributed by atoms with Crippen LogP contribution in [0.15, 0.2) is 28.9 Å². The molecule has 1 aromatic carbocycles. The molecule has 0 radical (unpaired) electrons. The summed E-state index contributed by atoms with van der Waals surface area (Å²) in [5, 5.41) is 0. The highest BCUT2D eigenvalue weighted by molar-refractivity contribution is 9.10. The van der Waals surface area contributed by atoms with Gasteiger partial charge < -0.3 is 4.74 Å². The van der Waals surface area contributed by atoms with Gasteiger partial charge in [-0.25, -0.2) is 4.98 Å². The number of ether oxygens (including phenoxy) is 1. The van der Waals surface area contributed by atoms with Crippen molar-refractivity contribution in [3.63, 3.8) is 0 Å². The van der Waals surface area contributed by atoms with Crippen molar-refractivity contribution in [3.05, 3.63) is 45.8 Å². The summed E-state index contributed by atoms with van der Waals surface area (Å²) < 4.78 is 6.70. The smallest absolute Gasteiger partial charge is 0.238 e. The topological polar surface area (TPSA) is 35.0 Å². The van der Waals surface area contributed by atoms with E-state index in [1.165, 1.54) is 0 Å². The van der Waals surface area contributed by atoms with Crippen molar-refractivity contribution in [2.24, 2.45) is 0 Å². The van der Waals surface area contributed by atoms with Crippen LogP contribution in [0.1, 0.15) is 17.0 Å². The predicted molar refractivity (Wildman–Crippen MR) is 70.5 cm³/mol. The summed E-state index contributed by atoms with van der Waals surface area (Å²) in [6.07, 6.45) is 1.64. The molecule has 0 atom stereocenters. The molecule has 0 aliphatic heterocycles. The molecule has 17 heavy (non-hydrogen) atoms. The van der Waals surface area contributed by atoms with Gasteiger partial charge in [-0.2, -0.15) is 0 Å². The van der Waals surface area contributed by atoms with E-state index in [9.17, 15) is 0 Å². The highest BCUT2D eigenvalue weighted by Gasteiger charge is 2.05. The fourth-order valence-electron chi connectivity index (χ4n) is 1.37. The van der Waals surface area contributed by atoms with E-state index in [-0.39, 0.29) is 0 Å².